The molecule has 0 radical (unpaired) electrons. The Morgan fingerprint density at radius 2 is 1.95 bits per heavy atom. The Bertz CT molecular complexity index is 452. The van der Waals surface area contributed by atoms with Crippen LogP contribution in [0.1, 0.15) is 18.9 Å². The lowest BCUT2D eigenvalue weighted by molar-refractivity contribution is -0.132. The van der Waals surface area contributed by atoms with Gasteiger partial charge in [-0.15, -0.1) is 0 Å². The number of aliphatic carboxylic acids is 1. The molecule has 0 atom stereocenters. The SMILES string of the molecule is CC/C(=C/CNCCc1cc(F)cc(F)c1)C(=O)O. The van der Waals surface area contributed by atoms with Crippen LogP contribution in [0.3, 0.4) is 0 Å². The minimum absolute atomic E-state index is 0.351. The van der Waals surface area contributed by atoms with E-state index in [1.165, 1.54) is 12.1 Å². The number of hydrogen-bond donors (Lipinski definition) is 2. The summed E-state index contributed by atoms with van der Waals surface area (Å²) in [6, 6.07) is 3.41. The second-order valence-corrected chi connectivity index (χ2v) is 4.12. The first-order chi connectivity index (χ1) is 9.02. The fraction of sp³-hybridized carbons (Fsp3) is 0.357. The zero-order valence-electron chi connectivity index (χ0n) is 10.7. The number of carboxylic acids is 1. The van der Waals surface area contributed by atoms with Crippen molar-refractivity contribution >= 4 is 5.97 Å². The number of nitrogens with one attached hydrogen (secondary N) is 1. The molecular formula is C14H17F2NO2. The van der Waals surface area contributed by atoms with Gasteiger partial charge in [0.05, 0.1) is 0 Å². The van der Waals surface area contributed by atoms with Gasteiger partial charge in [0.1, 0.15) is 11.6 Å². The van der Waals surface area contributed by atoms with E-state index in [1.807, 2.05) is 0 Å². The van der Waals surface area contributed by atoms with E-state index in [0.29, 0.717) is 37.1 Å². The molecule has 3 nitrogen and oxygen atoms in total. The molecule has 0 unspecified atom stereocenters. The van der Waals surface area contributed by atoms with Crippen LogP contribution in [0.15, 0.2) is 29.8 Å². The van der Waals surface area contributed by atoms with Crippen LogP contribution in [0.2, 0.25) is 0 Å². The molecule has 0 saturated carbocycles. The van der Waals surface area contributed by atoms with Gasteiger partial charge in [-0.25, -0.2) is 13.6 Å². The lowest BCUT2D eigenvalue weighted by Crippen LogP contribution is -2.18. The first-order valence-corrected chi connectivity index (χ1v) is 6.11. The summed E-state index contributed by atoms with van der Waals surface area (Å²) in [4.78, 5) is 10.7. The van der Waals surface area contributed by atoms with Gasteiger partial charge >= 0.3 is 5.97 Å². The summed E-state index contributed by atoms with van der Waals surface area (Å²) >= 11 is 0. The number of halogens is 2. The third-order valence-electron chi connectivity index (χ3n) is 2.66. The molecule has 0 spiro atoms. The number of carboxylic acid groups (broad SMARTS) is 1. The maximum absolute atomic E-state index is 12.9. The van der Waals surface area contributed by atoms with Crippen LogP contribution >= 0.6 is 0 Å². The fourth-order valence-electron chi connectivity index (χ4n) is 1.67. The molecule has 1 rings (SSSR count). The summed E-state index contributed by atoms with van der Waals surface area (Å²) in [6.45, 7) is 2.72. The predicted molar refractivity (Wildman–Crippen MR) is 68.9 cm³/mol. The molecule has 1 aromatic carbocycles. The second kappa shape index (κ2) is 7.63. The summed E-state index contributed by atoms with van der Waals surface area (Å²) in [5.74, 6) is -2.10. The van der Waals surface area contributed by atoms with E-state index in [-0.39, 0.29) is 0 Å². The Balaban J connectivity index is 2.37. The molecule has 19 heavy (non-hydrogen) atoms. The molecule has 0 amide bonds. The van der Waals surface area contributed by atoms with Gasteiger partial charge in [0, 0.05) is 18.2 Å². The maximum Gasteiger partial charge on any atom is 0.331 e. The molecule has 0 aliphatic heterocycles. The molecule has 0 fully saturated rings. The van der Waals surface area contributed by atoms with Gasteiger partial charge in [-0.2, -0.15) is 0 Å². The quantitative estimate of drug-likeness (QED) is 0.590. The lowest BCUT2D eigenvalue weighted by Gasteiger charge is -2.04. The molecule has 2 N–H and O–H groups in total. The van der Waals surface area contributed by atoms with Crippen molar-refractivity contribution in [2.24, 2.45) is 0 Å². The van der Waals surface area contributed by atoms with E-state index in [1.54, 1.807) is 13.0 Å². The van der Waals surface area contributed by atoms with E-state index in [0.717, 1.165) is 6.07 Å². The maximum atomic E-state index is 12.9. The van der Waals surface area contributed by atoms with Crippen molar-refractivity contribution in [2.45, 2.75) is 19.8 Å². The highest BCUT2D eigenvalue weighted by atomic mass is 19.1. The van der Waals surface area contributed by atoms with Crippen LogP contribution in [0.25, 0.3) is 0 Å². The zero-order chi connectivity index (χ0) is 14.3. The topological polar surface area (TPSA) is 49.3 Å². The van der Waals surface area contributed by atoms with Crippen LogP contribution in [0.4, 0.5) is 8.78 Å². The van der Waals surface area contributed by atoms with Crippen LogP contribution in [0.5, 0.6) is 0 Å². The van der Waals surface area contributed by atoms with Gasteiger partial charge in [0.25, 0.3) is 0 Å². The fourth-order valence-corrected chi connectivity index (χ4v) is 1.67. The highest BCUT2D eigenvalue weighted by Crippen LogP contribution is 2.08. The predicted octanol–water partition coefficient (Wildman–Crippen LogP) is 2.52. The third kappa shape index (κ3) is 5.61. The van der Waals surface area contributed by atoms with Crippen LogP contribution in [0, 0.1) is 11.6 Å². The van der Waals surface area contributed by atoms with Crippen LogP contribution in [-0.2, 0) is 11.2 Å². The van der Waals surface area contributed by atoms with Gasteiger partial charge in [-0.1, -0.05) is 13.0 Å². The molecule has 0 aliphatic carbocycles. The minimum atomic E-state index is -0.920. The smallest absolute Gasteiger partial charge is 0.331 e. The van der Waals surface area contributed by atoms with E-state index < -0.39 is 17.6 Å². The Morgan fingerprint density at radius 3 is 2.47 bits per heavy atom. The van der Waals surface area contributed by atoms with Crippen molar-refractivity contribution in [1.82, 2.24) is 5.32 Å². The van der Waals surface area contributed by atoms with Gasteiger partial charge in [-0.05, 0) is 37.1 Å². The number of rotatable bonds is 7. The van der Waals surface area contributed by atoms with Crippen molar-refractivity contribution in [3.8, 4) is 0 Å². The molecule has 5 heteroatoms. The van der Waals surface area contributed by atoms with Crippen molar-refractivity contribution in [3.63, 3.8) is 0 Å². The molecule has 0 aromatic heterocycles. The molecule has 0 saturated heterocycles. The van der Waals surface area contributed by atoms with Crippen molar-refractivity contribution in [2.75, 3.05) is 13.1 Å². The number of hydrogen-bond acceptors (Lipinski definition) is 2. The van der Waals surface area contributed by atoms with E-state index in [4.69, 9.17) is 5.11 Å². The Labute approximate surface area is 110 Å². The molecule has 0 aliphatic rings. The van der Waals surface area contributed by atoms with Crippen molar-refractivity contribution < 1.29 is 18.7 Å². The molecule has 0 bridgehead atoms. The average molecular weight is 269 g/mol. The standard InChI is InChI=1S/C14H17F2NO2/c1-2-11(14(18)19)4-6-17-5-3-10-7-12(15)9-13(16)8-10/h4,7-9,17H,2-3,5-6H2,1H3,(H,18,19)/b11-4-. The molecular weight excluding hydrogens is 252 g/mol. The number of carbonyl (C=O) groups is 1. The zero-order valence-corrected chi connectivity index (χ0v) is 10.7. The summed E-state index contributed by atoms with van der Waals surface area (Å²) in [5.41, 5.74) is 0.923. The van der Waals surface area contributed by atoms with Crippen LogP contribution < -0.4 is 5.32 Å². The van der Waals surface area contributed by atoms with E-state index >= 15 is 0 Å². The Morgan fingerprint density at radius 1 is 1.32 bits per heavy atom. The Hall–Kier alpha value is -1.75. The van der Waals surface area contributed by atoms with E-state index in [9.17, 15) is 13.6 Å². The van der Waals surface area contributed by atoms with Crippen molar-refractivity contribution in [1.29, 1.82) is 0 Å². The summed E-state index contributed by atoms with van der Waals surface area (Å²) in [7, 11) is 0. The monoisotopic (exact) mass is 269 g/mol. The third-order valence-corrected chi connectivity index (χ3v) is 2.66. The highest BCUT2D eigenvalue weighted by Gasteiger charge is 2.03. The summed E-state index contributed by atoms with van der Waals surface area (Å²) in [5, 5.41) is 11.8. The van der Waals surface area contributed by atoms with Crippen molar-refractivity contribution in [3.05, 3.63) is 47.0 Å². The minimum Gasteiger partial charge on any atom is -0.478 e. The highest BCUT2D eigenvalue weighted by molar-refractivity contribution is 5.86. The number of benzene rings is 1. The van der Waals surface area contributed by atoms with Gasteiger partial charge in [0.15, 0.2) is 0 Å². The van der Waals surface area contributed by atoms with Gasteiger partial charge < -0.3 is 10.4 Å². The first kappa shape index (κ1) is 15.3. The van der Waals surface area contributed by atoms with Gasteiger partial charge in [-0.3, -0.25) is 0 Å². The first-order valence-electron chi connectivity index (χ1n) is 6.11. The Kier molecular flexibility index (Phi) is 6.15. The summed E-state index contributed by atoms with van der Waals surface area (Å²) in [6.07, 6.45) is 2.55. The normalized spacial score (nSPS) is 11.6. The largest absolute Gasteiger partial charge is 0.478 e. The molecule has 104 valence electrons. The van der Waals surface area contributed by atoms with E-state index in [2.05, 4.69) is 5.32 Å². The summed E-state index contributed by atoms with van der Waals surface area (Å²) < 4.78 is 25.8. The average Bonchev–Trinajstić information content (AvgIpc) is 2.32. The lowest BCUT2D eigenvalue weighted by atomic mass is 10.1. The second-order valence-electron chi connectivity index (χ2n) is 4.12. The molecule has 0 heterocycles. The van der Waals surface area contributed by atoms with Gasteiger partial charge in [0.2, 0.25) is 0 Å². The van der Waals surface area contributed by atoms with Crippen LogP contribution in [-0.4, -0.2) is 24.2 Å². The molecule has 1 aromatic rings.